The van der Waals surface area contributed by atoms with Crippen LogP contribution in [0.3, 0.4) is 0 Å². The van der Waals surface area contributed by atoms with E-state index >= 15 is 0 Å². The number of amides is 1. The van der Waals surface area contributed by atoms with Crippen LogP contribution in [0.25, 0.3) is 17.0 Å². The first kappa shape index (κ1) is 23.1. The summed E-state index contributed by atoms with van der Waals surface area (Å²) in [7, 11) is 0. The molecule has 0 aliphatic carbocycles. The molecule has 3 aromatic rings. The summed E-state index contributed by atoms with van der Waals surface area (Å²) in [6.07, 6.45) is 6.68. The highest BCUT2D eigenvalue weighted by atomic mass is 16.1. The Bertz CT molecular complexity index is 1190. The molecule has 2 aliphatic heterocycles. The van der Waals surface area contributed by atoms with Crippen molar-refractivity contribution < 1.29 is 4.79 Å². The van der Waals surface area contributed by atoms with Crippen molar-refractivity contribution in [3.8, 4) is 11.3 Å². The average molecular weight is 469 g/mol. The van der Waals surface area contributed by atoms with E-state index in [0.29, 0.717) is 17.4 Å². The number of hydrogen-bond donors (Lipinski definition) is 2. The minimum absolute atomic E-state index is 0.102. The highest BCUT2D eigenvalue weighted by Gasteiger charge is 2.28. The number of hydrogen-bond acceptors (Lipinski definition) is 6. The number of anilines is 2. The number of carbonyl (C=O) groups is 1. The molecule has 2 aliphatic rings. The first-order chi connectivity index (χ1) is 17.1. The smallest absolute Gasteiger partial charge is 0.278 e. The molecule has 180 valence electrons. The van der Waals surface area contributed by atoms with Gasteiger partial charge >= 0.3 is 0 Å². The van der Waals surface area contributed by atoms with Crippen LogP contribution in [0.2, 0.25) is 0 Å². The lowest BCUT2D eigenvalue weighted by Gasteiger charge is -2.31. The van der Waals surface area contributed by atoms with Crippen molar-refractivity contribution in [2.24, 2.45) is 0 Å². The molecule has 0 spiro atoms. The van der Waals surface area contributed by atoms with Crippen molar-refractivity contribution in [3.05, 3.63) is 78.6 Å². The second-order valence-electron chi connectivity index (χ2n) is 9.33. The number of rotatable bonds is 7. The normalized spacial score (nSPS) is 18.1. The zero-order chi connectivity index (χ0) is 24.2. The van der Waals surface area contributed by atoms with E-state index in [1.165, 1.54) is 38.8 Å². The van der Waals surface area contributed by atoms with Gasteiger partial charge in [0.05, 0.1) is 11.9 Å². The van der Waals surface area contributed by atoms with Gasteiger partial charge in [-0.25, -0.2) is 9.97 Å². The van der Waals surface area contributed by atoms with Gasteiger partial charge in [0, 0.05) is 36.1 Å². The lowest BCUT2D eigenvalue weighted by molar-refractivity contribution is 0.102. The molecule has 1 amide bonds. The number of benzene rings is 2. The van der Waals surface area contributed by atoms with E-state index in [1.807, 2.05) is 42.5 Å². The Hall–Kier alpha value is -3.71. The third-order valence-corrected chi connectivity index (χ3v) is 6.95. The van der Waals surface area contributed by atoms with Crippen LogP contribution >= 0.6 is 0 Å². The molecule has 1 aromatic heterocycles. The molecule has 3 N–H and O–H groups in total. The molecule has 2 aromatic carbocycles. The number of nitrogen functional groups attached to an aromatic ring is 1. The summed E-state index contributed by atoms with van der Waals surface area (Å²) in [5.41, 5.74) is 10.4. The van der Waals surface area contributed by atoms with Gasteiger partial charge in [0.2, 0.25) is 0 Å². The van der Waals surface area contributed by atoms with E-state index in [9.17, 15) is 4.79 Å². The van der Waals surface area contributed by atoms with Gasteiger partial charge in [0.1, 0.15) is 0 Å². The first-order valence-corrected chi connectivity index (χ1v) is 12.4. The minimum atomic E-state index is -0.383. The molecule has 0 bridgehead atoms. The average Bonchev–Trinajstić information content (AvgIpc) is 3.57. The van der Waals surface area contributed by atoms with E-state index in [4.69, 9.17) is 5.73 Å². The molecule has 7 heteroatoms. The highest BCUT2D eigenvalue weighted by Crippen LogP contribution is 2.30. The molecule has 0 saturated carbocycles. The summed E-state index contributed by atoms with van der Waals surface area (Å²) in [5, 5.41) is 2.82. The van der Waals surface area contributed by atoms with Crippen molar-refractivity contribution in [2.75, 3.05) is 37.2 Å². The Morgan fingerprint density at radius 1 is 1.03 bits per heavy atom. The van der Waals surface area contributed by atoms with Gasteiger partial charge < -0.3 is 20.9 Å². The predicted octanol–water partition coefficient (Wildman–Crippen LogP) is 4.51. The molecular formula is C28H32N6O. The zero-order valence-electron chi connectivity index (χ0n) is 20.0. The fraction of sp³-hybridized carbons (Fsp3) is 0.321. The quantitative estimate of drug-likeness (QED) is 0.531. The lowest BCUT2D eigenvalue weighted by atomic mass is 10.1. The SMILES string of the molecule is C=C(c1ccc(-c2cnc(N)c(C(=O)Nc3ccccc3)n2)cc1)N1CCCC1CN1CCCC1. The van der Waals surface area contributed by atoms with Crippen LogP contribution in [0.4, 0.5) is 11.5 Å². The topological polar surface area (TPSA) is 87.4 Å². The molecule has 7 nitrogen and oxygen atoms in total. The van der Waals surface area contributed by atoms with Crippen LogP contribution in [0.15, 0.2) is 67.4 Å². The van der Waals surface area contributed by atoms with Gasteiger partial charge in [-0.2, -0.15) is 0 Å². The number of nitrogens with zero attached hydrogens (tertiary/aromatic N) is 4. The van der Waals surface area contributed by atoms with Crippen LogP contribution in [0, 0.1) is 0 Å². The van der Waals surface area contributed by atoms with Crippen LogP contribution in [-0.4, -0.2) is 57.9 Å². The Balaban J connectivity index is 1.30. The predicted molar refractivity (Wildman–Crippen MR) is 141 cm³/mol. The molecule has 3 heterocycles. The highest BCUT2D eigenvalue weighted by molar-refractivity contribution is 6.05. The maximum Gasteiger partial charge on any atom is 0.278 e. The third-order valence-electron chi connectivity index (χ3n) is 6.95. The van der Waals surface area contributed by atoms with Crippen molar-refractivity contribution >= 4 is 23.1 Å². The molecule has 2 saturated heterocycles. The van der Waals surface area contributed by atoms with Crippen molar-refractivity contribution in [2.45, 2.75) is 31.7 Å². The van der Waals surface area contributed by atoms with Gasteiger partial charge in [0.25, 0.3) is 5.91 Å². The summed E-state index contributed by atoms with van der Waals surface area (Å²) in [4.78, 5) is 26.6. The van der Waals surface area contributed by atoms with Crippen LogP contribution < -0.4 is 11.1 Å². The van der Waals surface area contributed by atoms with Crippen LogP contribution in [0.1, 0.15) is 41.7 Å². The van der Waals surface area contributed by atoms with Crippen molar-refractivity contribution in [1.29, 1.82) is 0 Å². The summed E-state index contributed by atoms with van der Waals surface area (Å²) in [6.45, 7) is 9.07. The molecule has 1 atom stereocenters. The molecule has 0 radical (unpaired) electrons. The van der Waals surface area contributed by atoms with Gasteiger partial charge in [-0.15, -0.1) is 0 Å². The fourth-order valence-electron chi connectivity index (χ4n) is 5.06. The Labute approximate surface area is 206 Å². The summed E-state index contributed by atoms with van der Waals surface area (Å²) in [5.74, 6) is -0.281. The van der Waals surface area contributed by atoms with Gasteiger partial charge in [0.15, 0.2) is 11.5 Å². The second-order valence-corrected chi connectivity index (χ2v) is 9.33. The summed E-state index contributed by atoms with van der Waals surface area (Å²) in [6, 6.07) is 17.9. The van der Waals surface area contributed by atoms with E-state index in [1.54, 1.807) is 6.20 Å². The van der Waals surface area contributed by atoms with E-state index in [2.05, 4.69) is 43.8 Å². The monoisotopic (exact) mass is 468 g/mol. The van der Waals surface area contributed by atoms with Gasteiger partial charge in [-0.05, 0) is 56.5 Å². The van der Waals surface area contributed by atoms with E-state index in [0.717, 1.165) is 29.9 Å². The number of likely N-dealkylation sites (tertiary alicyclic amines) is 2. The number of aromatic nitrogens is 2. The summed E-state index contributed by atoms with van der Waals surface area (Å²) < 4.78 is 0. The Morgan fingerprint density at radius 2 is 1.77 bits per heavy atom. The summed E-state index contributed by atoms with van der Waals surface area (Å²) >= 11 is 0. The van der Waals surface area contributed by atoms with Crippen molar-refractivity contribution in [1.82, 2.24) is 19.8 Å². The Kier molecular flexibility index (Phi) is 6.77. The number of nitrogens with one attached hydrogen (secondary N) is 1. The maximum atomic E-state index is 12.7. The van der Waals surface area contributed by atoms with Crippen molar-refractivity contribution in [3.63, 3.8) is 0 Å². The van der Waals surface area contributed by atoms with E-state index < -0.39 is 0 Å². The largest absolute Gasteiger partial charge is 0.382 e. The third kappa shape index (κ3) is 5.20. The van der Waals surface area contributed by atoms with Gasteiger partial charge in [-0.3, -0.25) is 4.79 Å². The second kappa shape index (κ2) is 10.3. The van der Waals surface area contributed by atoms with Gasteiger partial charge in [-0.1, -0.05) is 49.0 Å². The number of para-hydroxylation sites is 1. The minimum Gasteiger partial charge on any atom is -0.382 e. The van der Waals surface area contributed by atoms with Crippen LogP contribution in [-0.2, 0) is 0 Å². The number of nitrogens with two attached hydrogens (primary N) is 1. The first-order valence-electron chi connectivity index (χ1n) is 12.4. The molecule has 35 heavy (non-hydrogen) atoms. The molecular weight excluding hydrogens is 436 g/mol. The molecule has 5 rings (SSSR count). The fourth-order valence-corrected chi connectivity index (χ4v) is 5.06. The lowest BCUT2D eigenvalue weighted by Crippen LogP contribution is -2.38. The number of carbonyl (C=O) groups excluding carboxylic acids is 1. The maximum absolute atomic E-state index is 12.7. The molecule has 1 unspecified atom stereocenters. The van der Waals surface area contributed by atoms with Crippen LogP contribution in [0.5, 0.6) is 0 Å². The standard InChI is InChI=1S/C28H32N6O/c1-20(34-17-7-10-24(34)19-33-15-5-6-16-33)21-11-13-22(14-12-21)25-18-30-27(29)26(32-25)28(35)31-23-8-3-2-4-9-23/h2-4,8-9,11-14,18,24H,1,5-7,10,15-17,19H2,(H2,29,30)(H,31,35). The Morgan fingerprint density at radius 3 is 2.51 bits per heavy atom. The van der Waals surface area contributed by atoms with E-state index in [-0.39, 0.29) is 17.4 Å². The zero-order valence-corrected chi connectivity index (χ0v) is 20.0. The molecule has 2 fully saturated rings.